The van der Waals surface area contributed by atoms with Crippen molar-refractivity contribution in [3.05, 3.63) is 69.7 Å². The third-order valence-corrected chi connectivity index (χ3v) is 4.25. The van der Waals surface area contributed by atoms with Gasteiger partial charge in [0.15, 0.2) is 6.10 Å². The van der Waals surface area contributed by atoms with Gasteiger partial charge >= 0.3 is 12.1 Å². The lowest BCUT2D eigenvalue weighted by molar-refractivity contribution is -0.148. The average molecular weight is 432 g/mol. The van der Waals surface area contributed by atoms with Crippen LogP contribution in [0.2, 0.25) is 10.0 Å². The van der Waals surface area contributed by atoms with Crippen LogP contribution in [0.15, 0.2) is 48.5 Å². The average Bonchev–Trinajstić information content (AvgIpc) is 2.62. The van der Waals surface area contributed by atoms with Crippen molar-refractivity contribution in [3.8, 4) is 0 Å². The molecular formula is C19H14Cl2F3NO3. The zero-order valence-corrected chi connectivity index (χ0v) is 15.9. The van der Waals surface area contributed by atoms with E-state index >= 15 is 0 Å². The van der Waals surface area contributed by atoms with E-state index < -0.39 is 35.4 Å². The van der Waals surface area contributed by atoms with Crippen molar-refractivity contribution in [1.82, 2.24) is 0 Å². The van der Waals surface area contributed by atoms with E-state index in [0.29, 0.717) is 15.6 Å². The van der Waals surface area contributed by atoms with E-state index in [4.69, 9.17) is 27.9 Å². The lowest BCUT2D eigenvalue weighted by Gasteiger charge is -2.16. The van der Waals surface area contributed by atoms with Gasteiger partial charge in [0.2, 0.25) is 0 Å². The maximum atomic E-state index is 13.0. The van der Waals surface area contributed by atoms with Gasteiger partial charge in [0.25, 0.3) is 5.91 Å². The van der Waals surface area contributed by atoms with Gasteiger partial charge in [-0.1, -0.05) is 41.4 Å². The van der Waals surface area contributed by atoms with E-state index in [1.807, 2.05) is 0 Å². The fourth-order valence-corrected chi connectivity index (χ4v) is 2.43. The molecule has 1 N–H and O–H groups in total. The topological polar surface area (TPSA) is 55.4 Å². The monoisotopic (exact) mass is 431 g/mol. The highest BCUT2D eigenvalue weighted by Gasteiger charge is 2.34. The number of nitrogens with one attached hydrogen (secondary N) is 1. The van der Waals surface area contributed by atoms with E-state index in [1.54, 1.807) is 12.1 Å². The smallest absolute Gasteiger partial charge is 0.418 e. The van der Waals surface area contributed by atoms with E-state index in [-0.39, 0.29) is 0 Å². The molecule has 0 aliphatic carbocycles. The Morgan fingerprint density at radius 3 is 2.43 bits per heavy atom. The molecule has 0 aliphatic rings. The molecule has 0 spiro atoms. The minimum atomic E-state index is -4.63. The molecule has 0 aromatic heterocycles. The van der Waals surface area contributed by atoms with Gasteiger partial charge in [-0.05, 0) is 42.8 Å². The first kappa shape index (κ1) is 21.8. The number of carbonyl (C=O) groups is 2. The summed E-state index contributed by atoms with van der Waals surface area (Å²) in [6.07, 6.45) is -3.49. The lowest BCUT2D eigenvalue weighted by atomic mass is 10.1. The van der Waals surface area contributed by atoms with Crippen LogP contribution in [0.3, 0.4) is 0 Å². The Kier molecular flexibility index (Phi) is 7.10. The molecule has 28 heavy (non-hydrogen) atoms. The summed E-state index contributed by atoms with van der Waals surface area (Å²) in [5.74, 6) is -1.74. The molecule has 1 atom stereocenters. The number of hydrogen-bond acceptors (Lipinski definition) is 3. The molecule has 1 amide bonds. The molecule has 2 aromatic carbocycles. The molecule has 0 aliphatic heterocycles. The predicted molar refractivity (Wildman–Crippen MR) is 101 cm³/mol. The van der Waals surface area contributed by atoms with Crippen molar-refractivity contribution in [3.63, 3.8) is 0 Å². The summed E-state index contributed by atoms with van der Waals surface area (Å²) in [5.41, 5.74) is -0.849. The highest BCUT2D eigenvalue weighted by molar-refractivity contribution is 6.42. The molecular weight excluding hydrogens is 418 g/mol. The SMILES string of the molecule is CC(OC(=O)/C=C/c1ccc(Cl)c(Cl)c1)C(=O)Nc1ccccc1C(F)(F)F. The number of benzene rings is 2. The van der Waals surface area contributed by atoms with Crippen molar-refractivity contribution in [2.45, 2.75) is 19.2 Å². The number of halogens is 5. The van der Waals surface area contributed by atoms with E-state index in [0.717, 1.165) is 18.2 Å². The fourth-order valence-electron chi connectivity index (χ4n) is 2.12. The summed E-state index contributed by atoms with van der Waals surface area (Å²) >= 11 is 11.7. The summed E-state index contributed by atoms with van der Waals surface area (Å²) in [7, 11) is 0. The molecule has 0 radical (unpaired) electrons. The number of carbonyl (C=O) groups excluding carboxylic acids is 2. The second kappa shape index (κ2) is 9.12. The summed E-state index contributed by atoms with van der Waals surface area (Å²) in [4.78, 5) is 23.9. The first-order valence-corrected chi connectivity index (χ1v) is 8.64. The van der Waals surface area contributed by atoms with Gasteiger partial charge in [0.05, 0.1) is 21.3 Å². The quantitative estimate of drug-likeness (QED) is 0.495. The van der Waals surface area contributed by atoms with Crippen LogP contribution in [0.4, 0.5) is 18.9 Å². The molecule has 2 rings (SSSR count). The second-order valence-electron chi connectivity index (χ2n) is 5.62. The van der Waals surface area contributed by atoms with Crippen LogP contribution in [0.25, 0.3) is 6.08 Å². The highest BCUT2D eigenvalue weighted by Crippen LogP contribution is 2.34. The van der Waals surface area contributed by atoms with E-state index in [2.05, 4.69) is 5.32 Å². The van der Waals surface area contributed by atoms with Crippen molar-refractivity contribution >= 4 is 46.8 Å². The Morgan fingerprint density at radius 1 is 1.11 bits per heavy atom. The number of hydrogen-bond donors (Lipinski definition) is 1. The number of rotatable bonds is 5. The normalized spacial score (nSPS) is 12.6. The molecule has 0 saturated heterocycles. The minimum absolute atomic E-state index is 0.299. The predicted octanol–water partition coefficient (Wildman–Crippen LogP) is 5.60. The minimum Gasteiger partial charge on any atom is -0.449 e. The van der Waals surface area contributed by atoms with E-state index in [1.165, 1.54) is 31.2 Å². The zero-order valence-electron chi connectivity index (χ0n) is 14.4. The second-order valence-corrected chi connectivity index (χ2v) is 6.43. The van der Waals surface area contributed by atoms with E-state index in [9.17, 15) is 22.8 Å². The van der Waals surface area contributed by atoms with Gasteiger partial charge < -0.3 is 10.1 Å². The zero-order chi connectivity index (χ0) is 20.9. The maximum absolute atomic E-state index is 13.0. The Labute approximate surface area is 168 Å². The number of alkyl halides is 3. The van der Waals surface area contributed by atoms with Gasteiger partial charge in [0.1, 0.15) is 0 Å². The Balaban J connectivity index is 1.99. The highest BCUT2D eigenvalue weighted by atomic mass is 35.5. The molecule has 148 valence electrons. The van der Waals surface area contributed by atoms with Crippen molar-refractivity contribution < 1.29 is 27.5 Å². The Morgan fingerprint density at radius 2 is 1.79 bits per heavy atom. The molecule has 4 nitrogen and oxygen atoms in total. The Bertz CT molecular complexity index is 914. The van der Waals surface area contributed by atoms with Crippen molar-refractivity contribution in [2.75, 3.05) is 5.32 Å². The van der Waals surface area contributed by atoms with Crippen LogP contribution in [-0.2, 0) is 20.5 Å². The standard InChI is InChI=1S/C19H14Cl2F3NO3/c1-11(18(27)25-16-5-3-2-4-13(16)19(22,23)24)28-17(26)9-7-12-6-8-14(20)15(21)10-12/h2-11H,1H3,(H,25,27)/b9-7+. The van der Waals surface area contributed by atoms with Gasteiger partial charge in [-0.2, -0.15) is 13.2 Å². The maximum Gasteiger partial charge on any atom is 0.418 e. The molecule has 0 heterocycles. The largest absolute Gasteiger partial charge is 0.449 e. The number of ether oxygens (including phenoxy) is 1. The molecule has 1 unspecified atom stereocenters. The number of esters is 1. The first-order valence-electron chi connectivity index (χ1n) is 7.89. The third kappa shape index (κ3) is 6.00. The van der Waals surface area contributed by atoms with Crippen LogP contribution >= 0.6 is 23.2 Å². The molecule has 0 fully saturated rings. The lowest BCUT2D eigenvalue weighted by Crippen LogP contribution is -2.30. The summed E-state index contributed by atoms with van der Waals surface area (Å²) in [6, 6.07) is 9.19. The van der Waals surface area contributed by atoms with Crippen molar-refractivity contribution in [1.29, 1.82) is 0 Å². The summed E-state index contributed by atoms with van der Waals surface area (Å²) in [5, 5.41) is 2.77. The van der Waals surface area contributed by atoms with Crippen LogP contribution < -0.4 is 5.32 Å². The number of anilines is 1. The van der Waals surface area contributed by atoms with Crippen LogP contribution in [0.5, 0.6) is 0 Å². The molecule has 0 bridgehead atoms. The Hall–Kier alpha value is -2.51. The summed E-state index contributed by atoms with van der Waals surface area (Å²) in [6.45, 7) is 1.25. The molecule has 2 aromatic rings. The van der Waals surface area contributed by atoms with Crippen LogP contribution in [0.1, 0.15) is 18.1 Å². The number of para-hydroxylation sites is 1. The van der Waals surface area contributed by atoms with Crippen molar-refractivity contribution in [2.24, 2.45) is 0 Å². The summed E-state index contributed by atoms with van der Waals surface area (Å²) < 4.78 is 43.8. The molecule has 0 saturated carbocycles. The third-order valence-electron chi connectivity index (χ3n) is 3.51. The fraction of sp³-hybridized carbons (Fsp3) is 0.158. The number of amides is 1. The van der Waals surface area contributed by atoms with Gasteiger partial charge in [0, 0.05) is 6.08 Å². The van der Waals surface area contributed by atoms with Crippen LogP contribution in [0, 0.1) is 0 Å². The van der Waals surface area contributed by atoms with Gasteiger partial charge in [-0.3, -0.25) is 4.79 Å². The van der Waals surface area contributed by atoms with Crippen LogP contribution in [-0.4, -0.2) is 18.0 Å². The first-order chi connectivity index (χ1) is 13.1. The molecule has 9 heteroatoms. The van der Waals surface area contributed by atoms with Gasteiger partial charge in [-0.25, -0.2) is 4.79 Å². The van der Waals surface area contributed by atoms with Gasteiger partial charge in [-0.15, -0.1) is 0 Å².